The Bertz CT molecular complexity index is 249. The van der Waals surface area contributed by atoms with E-state index < -0.39 is 0 Å². The molecule has 13 heavy (non-hydrogen) atoms. The van der Waals surface area contributed by atoms with Gasteiger partial charge >= 0.3 is 0 Å². The largest absolute Gasteiger partial charge is 0.384 e. The molecule has 0 aromatic heterocycles. The minimum atomic E-state index is -0.220. The maximum absolute atomic E-state index is 11.0. The Kier molecular flexibility index (Phi) is 3.39. The second kappa shape index (κ2) is 4.56. The standard InChI is InChI=1S/C7H11N3O3/c1-13-3-2-5(11)9-7-8-4-6(12)10-7/h2-4H2,1H3,(H2,8,9,10,11,12). The van der Waals surface area contributed by atoms with Crippen molar-refractivity contribution in [2.75, 3.05) is 20.3 Å². The van der Waals surface area contributed by atoms with Crippen LogP contribution in [0, 0.1) is 0 Å². The van der Waals surface area contributed by atoms with E-state index in [4.69, 9.17) is 4.74 Å². The lowest BCUT2D eigenvalue weighted by Gasteiger charge is -2.03. The highest BCUT2D eigenvalue weighted by molar-refractivity contribution is 6.08. The fourth-order valence-corrected chi connectivity index (χ4v) is 0.822. The summed E-state index contributed by atoms with van der Waals surface area (Å²) in [5, 5.41) is 4.84. The first-order valence-electron chi connectivity index (χ1n) is 3.85. The predicted molar refractivity (Wildman–Crippen MR) is 45.1 cm³/mol. The lowest BCUT2D eigenvalue weighted by Crippen LogP contribution is -2.40. The molecule has 6 nitrogen and oxygen atoms in total. The number of nitrogens with zero attached hydrogens (tertiary/aromatic N) is 1. The lowest BCUT2D eigenvalue weighted by molar-refractivity contribution is -0.120. The molecule has 0 unspecified atom stereocenters. The minimum absolute atomic E-state index is 0.0832. The predicted octanol–water partition coefficient (Wildman–Crippen LogP) is -1.38. The molecule has 0 bridgehead atoms. The zero-order chi connectivity index (χ0) is 9.68. The van der Waals surface area contributed by atoms with Crippen molar-refractivity contribution in [3.8, 4) is 0 Å². The maximum Gasteiger partial charge on any atom is 0.248 e. The molecule has 0 saturated heterocycles. The van der Waals surface area contributed by atoms with Gasteiger partial charge in [-0.25, -0.2) is 4.99 Å². The van der Waals surface area contributed by atoms with Crippen molar-refractivity contribution < 1.29 is 14.3 Å². The molecular weight excluding hydrogens is 174 g/mol. The van der Waals surface area contributed by atoms with Crippen molar-refractivity contribution in [1.29, 1.82) is 0 Å². The molecule has 1 rings (SSSR count). The molecule has 0 spiro atoms. The SMILES string of the molecule is COCCC(=O)NC1=NCC(=O)N1. The van der Waals surface area contributed by atoms with Gasteiger partial charge in [0, 0.05) is 7.11 Å². The lowest BCUT2D eigenvalue weighted by atomic mass is 10.4. The summed E-state index contributed by atoms with van der Waals surface area (Å²) < 4.78 is 4.71. The number of rotatable bonds is 3. The van der Waals surface area contributed by atoms with E-state index >= 15 is 0 Å². The molecule has 72 valence electrons. The number of hydrogen-bond donors (Lipinski definition) is 2. The van der Waals surface area contributed by atoms with Crippen LogP contribution in [0.5, 0.6) is 0 Å². The van der Waals surface area contributed by atoms with E-state index in [0.717, 1.165) is 0 Å². The van der Waals surface area contributed by atoms with Crippen molar-refractivity contribution in [3.63, 3.8) is 0 Å². The molecule has 0 radical (unpaired) electrons. The Morgan fingerprint density at radius 2 is 2.54 bits per heavy atom. The van der Waals surface area contributed by atoms with Crippen LogP contribution < -0.4 is 10.6 Å². The molecule has 0 aromatic rings. The number of hydrogen-bond acceptors (Lipinski definition) is 4. The molecule has 0 fully saturated rings. The van der Waals surface area contributed by atoms with Crippen LogP contribution in [0.2, 0.25) is 0 Å². The van der Waals surface area contributed by atoms with Gasteiger partial charge in [-0.2, -0.15) is 0 Å². The van der Waals surface area contributed by atoms with Gasteiger partial charge in [0.2, 0.25) is 17.8 Å². The molecule has 6 heteroatoms. The highest BCUT2D eigenvalue weighted by Crippen LogP contribution is 1.86. The topological polar surface area (TPSA) is 79.8 Å². The van der Waals surface area contributed by atoms with E-state index in [9.17, 15) is 9.59 Å². The highest BCUT2D eigenvalue weighted by Gasteiger charge is 2.14. The fourth-order valence-electron chi connectivity index (χ4n) is 0.822. The third kappa shape index (κ3) is 3.20. The van der Waals surface area contributed by atoms with E-state index in [1.165, 1.54) is 7.11 Å². The molecule has 0 aliphatic carbocycles. The zero-order valence-electron chi connectivity index (χ0n) is 7.29. The molecule has 1 aliphatic rings. The van der Waals surface area contributed by atoms with Gasteiger partial charge in [-0.15, -0.1) is 0 Å². The molecule has 2 N–H and O–H groups in total. The number of carbonyl (C=O) groups excluding carboxylic acids is 2. The molecular formula is C7H11N3O3. The molecule has 0 aromatic carbocycles. The van der Waals surface area contributed by atoms with E-state index in [2.05, 4.69) is 15.6 Å². The summed E-state index contributed by atoms with van der Waals surface area (Å²) in [6.07, 6.45) is 0.255. The number of carbonyl (C=O) groups is 2. The minimum Gasteiger partial charge on any atom is -0.384 e. The van der Waals surface area contributed by atoms with Gasteiger partial charge < -0.3 is 4.74 Å². The zero-order valence-corrected chi connectivity index (χ0v) is 7.29. The Morgan fingerprint density at radius 1 is 1.77 bits per heavy atom. The number of amides is 2. The Hall–Kier alpha value is -1.43. The molecule has 0 atom stereocenters. The van der Waals surface area contributed by atoms with Crippen LogP contribution in [0.3, 0.4) is 0 Å². The Balaban J connectivity index is 2.24. The second-order valence-corrected chi connectivity index (χ2v) is 2.50. The van der Waals surface area contributed by atoms with Gasteiger partial charge in [0.25, 0.3) is 0 Å². The van der Waals surface area contributed by atoms with Crippen LogP contribution in [-0.2, 0) is 14.3 Å². The number of nitrogens with one attached hydrogen (secondary N) is 2. The van der Waals surface area contributed by atoms with Crippen molar-refractivity contribution in [2.45, 2.75) is 6.42 Å². The van der Waals surface area contributed by atoms with Crippen LogP contribution >= 0.6 is 0 Å². The van der Waals surface area contributed by atoms with Crippen LogP contribution in [0.1, 0.15) is 6.42 Å². The van der Waals surface area contributed by atoms with Crippen LogP contribution in [0.25, 0.3) is 0 Å². The van der Waals surface area contributed by atoms with E-state index in [0.29, 0.717) is 6.61 Å². The van der Waals surface area contributed by atoms with Crippen LogP contribution in [0.15, 0.2) is 4.99 Å². The quantitative estimate of drug-likeness (QED) is 0.569. The molecule has 1 aliphatic heterocycles. The first-order valence-corrected chi connectivity index (χ1v) is 3.85. The summed E-state index contributed by atoms with van der Waals surface area (Å²) in [4.78, 5) is 25.4. The Labute approximate surface area is 75.4 Å². The first-order chi connectivity index (χ1) is 6.22. The van der Waals surface area contributed by atoms with Crippen LogP contribution in [-0.4, -0.2) is 38.0 Å². The smallest absolute Gasteiger partial charge is 0.248 e. The van der Waals surface area contributed by atoms with E-state index in [-0.39, 0.29) is 30.7 Å². The Morgan fingerprint density at radius 3 is 3.08 bits per heavy atom. The maximum atomic E-state index is 11.0. The van der Waals surface area contributed by atoms with Crippen molar-refractivity contribution in [3.05, 3.63) is 0 Å². The summed E-state index contributed by atoms with van der Waals surface area (Å²) in [5.74, 6) is -0.198. The monoisotopic (exact) mass is 185 g/mol. The van der Waals surface area contributed by atoms with Crippen LogP contribution in [0.4, 0.5) is 0 Å². The normalized spacial score (nSPS) is 15.2. The summed E-state index contributed by atoms with van der Waals surface area (Å²) in [6, 6.07) is 0. The average Bonchev–Trinajstić information content (AvgIpc) is 2.48. The summed E-state index contributed by atoms with van der Waals surface area (Å²) >= 11 is 0. The summed E-state index contributed by atoms with van der Waals surface area (Å²) in [5.41, 5.74) is 0. The summed E-state index contributed by atoms with van der Waals surface area (Å²) in [6.45, 7) is 0.437. The third-order valence-electron chi connectivity index (χ3n) is 1.43. The van der Waals surface area contributed by atoms with Gasteiger partial charge in [0.15, 0.2) is 0 Å². The number of ether oxygens (including phenoxy) is 1. The van der Waals surface area contributed by atoms with Gasteiger partial charge in [-0.1, -0.05) is 0 Å². The fraction of sp³-hybridized carbons (Fsp3) is 0.571. The molecule has 1 heterocycles. The van der Waals surface area contributed by atoms with Gasteiger partial charge in [-0.3, -0.25) is 20.2 Å². The number of aliphatic imine (C=N–C) groups is 1. The third-order valence-corrected chi connectivity index (χ3v) is 1.43. The number of methoxy groups -OCH3 is 1. The average molecular weight is 185 g/mol. The van der Waals surface area contributed by atoms with Gasteiger partial charge in [-0.05, 0) is 0 Å². The highest BCUT2D eigenvalue weighted by atomic mass is 16.5. The van der Waals surface area contributed by atoms with E-state index in [1.807, 2.05) is 0 Å². The van der Waals surface area contributed by atoms with Gasteiger partial charge in [0.1, 0.15) is 6.54 Å². The second-order valence-electron chi connectivity index (χ2n) is 2.50. The molecule has 2 amide bonds. The number of guanidine groups is 1. The van der Waals surface area contributed by atoms with Crippen molar-refractivity contribution in [2.24, 2.45) is 4.99 Å². The van der Waals surface area contributed by atoms with Crippen molar-refractivity contribution >= 4 is 17.8 Å². The first kappa shape index (κ1) is 9.66. The summed E-state index contributed by atoms with van der Waals surface area (Å²) in [7, 11) is 1.52. The van der Waals surface area contributed by atoms with Gasteiger partial charge in [0.05, 0.1) is 13.0 Å². The molecule has 0 saturated carbocycles. The van der Waals surface area contributed by atoms with Crippen molar-refractivity contribution in [1.82, 2.24) is 10.6 Å². The van der Waals surface area contributed by atoms with E-state index in [1.54, 1.807) is 0 Å².